The fourth-order valence-electron chi connectivity index (χ4n) is 0.819. The van der Waals surface area contributed by atoms with Gasteiger partial charge in [-0.1, -0.05) is 13.1 Å². The lowest BCUT2D eigenvalue weighted by Crippen LogP contribution is -2.52. The summed E-state index contributed by atoms with van der Waals surface area (Å²) in [5, 5.41) is 0. The Hall–Kier alpha value is 0.0169. The average molecular weight is 291 g/mol. The molecule has 0 N–H and O–H groups in total. The molecule has 0 aliphatic carbocycles. The van der Waals surface area contributed by atoms with E-state index in [1.165, 1.54) is 13.1 Å². The normalized spacial score (nSPS) is 15.4. The van der Waals surface area contributed by atoms with Gasteiger partial charge in [0.25, 0.3) is 0 Å². The molecule has 0 heterocycles. The van der Waals surface area contributed by atoms with Crippen LogP contribution in [0.1, 0.15) is 6.42 Å². The lowest BCUT2D eigenvalue weighted by Gasteiger charge is -2.29. The molecule has 0 aromatic rings. The molecule has 16 heavy (non-hydrogen) atoms. The summed E-state index contributed by atoms with van der Waals surface area (Å²) in [6.45, 7) is 2.77. The van der Waals surface area contributed by atoms with Crippen LogP contribution in [-0.2, 0) is 0 Å². The minimum absolute atomic E-state index is 0.521. The molecule has 0 nitrogen and oxygen atoms in total. The summed E-state index contributed by atoms with van der Waals surface area (Å²) in [6, 6.07) is -0.521. The number of hydrogen-bond acceptors (Lipinski definition) is 0. The minimum atomic E-state index is -6.26. The summed E-state index contributed by atoms with van der Waals surface area (Å²) in [7, 11) is -2.61. The first-order chi connectivity index (χ1) is 6.71. The molecule has 0 unspecified atom stereocenters. The van der Waals surface area contributed by atoms with Gasteiger partial charge in [-0.05, 0) is 6.04 Å². The van der Waals surface area contributed by atoms with Crippen molar-refractivity contribution in [3.63, 3.8) is 0 Å². The molecule has 0 aromatic heterocycles. The van der Waals surface area contributed by atoms with Crippen LogP contribution in [0.3, 0.4) is 0 Å². The van der Waals surface area contributed by atoms with Gasteiger partial charge in [-0.3, -0.25) is 0 Å². The molecular weight excluding hydrogens is 281 g/mol. The maximum Gasteiger partial charge on any atom is 0.459 e. The molecule has 98 valence electrons. The van der Waals surface area contributed by atoms with Crippen molar-refractivity contribution < 1.29 is 30.7 Å². The molecular formula is C7H10ClF7Si. The van der Waals surface area contributed by atoms with Gasteiger partial charge in [0.15, 0.2) is 7.38 Å². The zero-order valence-electron chi connectivity index (χ0n) is 8.44. The van der Waals surface area contributed by atoms with Crippen molar-refractivity contribution in [3.05, 3.63) is 0 Å². The zero-order valence-corrected chi connectivity index (χ0v) is 10.2. The third-order valence-electron chi connectivity index (χ3n) is 1.85. The first-order valence-corrected chi connectivity index (χ1v) is 8.44. The molecule has 0 radical (unpaired) electrons. The second-order valence-electron chi connectivity index (χ2n) is 4.00. The first kappa shape index (κ1) is 16.0. The Bertz CT molecular complexity index is 242. The SMILES string of the molecule is C[Si](C)(Cl)CCC(F)(F)C(F)(F)C(F)(F)F. The quantitative estimate of drug-likeness (QED) is 0.401. The van der Waals surface area contributed by atoms with E-state index >= 15 is 0 Å². The largest absolute Gasteiger partial charge is 0.459 e. The van der Waals surface area contributed by atoms with Gasteiger partial charge in [0, 0.05) is 6.42 Å². The summed E-state index contributed by atoms with van der Waals surface area (Å²) in [5.74, 6) is -11.1. The zero-order chi connectivity index (χ0) is 13.4. The van der Waals surface area contributed by atoms with Gasteiger partial charge in [-0.15, -0.1) is 0 Å². The number of alkyl halides is 7. The molecule has 0 spiro atoms. The molecule has 0 aliphatic rings. The van der Waals surface area contributed by atoms with Crippen molar-refractivity contribution in [2.24, 2.45) is 0 Å². The van der Waals surface area contributed by atoms with Gasteiger partial charge in [-0.2, -0.15) is 41.8 Å². The molecule has 0 atom stereocenters. The lowest BCUT2D eigenvalue weighted by atomic mass is 10.1. The molecule has 0 bridgehead atoms. The van der Waals surface area contributed by atoms with Crippen molar-refractivity contribution in [3.8, 4) is 0 Å². The number of hydrogen-bond donors (Lipinski definition) is 0. The summed E-state index contributed by atoms with van der Waals surface area (Å²) < 4.78 is 85.3. The molecule has 0 aromatic carbocycles. The molecule has 0 saturated heterocycles. The van der Waals surface area contributed by atoms with E-state index in [9.17, 15) is 30.7 Å². The molecule has 0 aliphatic heterocycles. The van der Waals surface area contributed by atoms with E-state index < -0.39 is 37.9 Å². The Kier molecular flexibility index (Phi) is 4.36. The van der Waals surface area contributed by atoms with Crippen molar-refractivity contribution >= 4 is 18.5 Å². The number of halogens is 8. The Morgan fingerprint density at radius 3 is 1.56 bits per heavy atom. The maximum atomic E-state index is 12.7. The average Bonchev–Trinajstić information content (AvgIpc) is 1.97. The van der Waals surface area contributed by atoms with E-state index in [4.69, 9.17) is 11.1 Å². The fraction of sp³-hybridized carbons (Fsp3) is 1.00. The third kappa shape index (κ3) is 3.79. The smallest absolute Gasteiger partial charge is 0.200 e. The summed E-state index contributed by atoms with van der Waals surface area (Å²) in [6.07, 6.45) is -7.82. The second-order valence-corrected chi connectivity index (χ2v) is 11.0. The van der Waals surface area contributed by atoms with Gasteiger partial charge in [0.05, 0.1) is 0 Å². The van der Waals surface area contributed by atoms with Gasteiger partial charge < -0.3 is 0 Å². The van der Waals surface area contributed by atoms with Crippen LogP contribution in [0.15, 0.2) is 0 Å². The van der Waals surface area contributed by atoms with Crippen LogP contribution >= 0.6 is 11.1 Å². The molecule has 9 heteroatoms. The maximum absolute atomic E-state index is 12.7. The van der Waals surface area contributed by atoms with E-state index in [0.29, 0.717) is 0 Å². The number of rotatable bonds is 4. The van der Waals surface area contributed by atoms with Crippen LogP contribution in [0.4, 0.5) is 30.7 Å². The predicted octanol–water partition coefficient (Wildman–Crippen LogP) is 4.65. The fourth-order valence-corrected chi connectivity index (χ4v) is 2.01. The van der Waals surface area contributed by atoms with E-state index in [1.54, 1.807) is 0 Å². The van der Waals surface area contributed by atoms with Crippen LogP contribution in [0.5, 0.6) is 0 Å². The van der Waals surface area contributed by atoms with Crippen LogP contribution < -0.4 is 0 Å². The highest BCUT2D eigenvalue weighted by atomic mass is 35.6. The molecule has 0 amide bonds. The van der Waals surface area contributed by atoms with Gasteiger partial charge >= 0.3 is 18.0 Å². The van der Waals surface area contributed by atoms with E-state index in [1.807, 2.05) is 0 Å². The first-order valence-electron chi connectivity index (χ1n) is 4.22. The van der Waals surface area contributed by atoms with Crippen LogP contribution in [0.2, 0.25) is 19.1 Å². The molecule has 0 fully saturated rings. The standard InChI is InChI=1S/C7H10ClF7Si/c1-16(2,8)4-3-5(9,10)6(11,12)7(13,14)15/h3-4H2,1-2H3. The summed E-state index contributed by atoms with van der Waals surface area (Å²) in [5.41, 5.74) is 0. The van der Waals surface area contributed by atoms with Gasteiger partial charge in [-0.25, -0.2) is 0 Å². The van der Waals surface area contributed by atoms with Crippen molar-refractivity contribution in [1.29, 1.82) is 0 Å². The highest BCUT2D eigenvalue weighted by Gasteiger charge is 2.72. The van der Waals surface area contributed by atoms with Crippen LogP contribution in [0.25, 0.3) is 0 Å². The van der Waals surface area contributed by atoms with Gasteiger partial charge in [0.2, 0.25) is 0 Å². The van der Waals surface area contributed by atoms with Crippen LogP contribution in [-0.4, -0.2) is 25.4 Å². The molecule has 0 saturated carbocycles. The second kappa shape index (κ2) is 4.36. The topological polar surface area (TPSA) is 0 Å². The summed E-state index contributed by atoms with van der Waals surface area (Å²) >= 11 is 5.58. The van der Waals surface area contributed by atoms with E-state index in [2.05, 4.69) is 0 Å². The Morgan fingerprint density at radius 2 is 1.31 bits per heavy atom. The Balaban J connectivity index is 4.79. The third-order valence-corrected chi connectivity index (χ3v) is 3.85. The van der Waals surface area contributed by atoms with Crippen molar-refractivity contribution in [2.45, 2.75) is 43.6 Å². The highest BCUT2D eigenvalue weighted by Crippen LogP contribution is 2.49. The monoisotopic (exact) mass is 290 g/mol. The predicted molar refractivity (Wildman–Crippen MR) is 48.7 cm³/mol. The molecule has 0 rings (SSSR count). The van der Waals surface area contributed by atoms with E-state index in [-0.39, 0.29) is 0 Å². The lowest BCUT2D eigenvalue weighted by molar-refractivity contribution is -0.354. The summed E-state index contributed by atoms with van der Waals surface area (Å²) in [4.78, 5) is 0. The minimum Gasteiger partial charge on any atom is -0.200 e. The van der Waals surface area contributed by atoms with Crippen LogP contribution in [0, 0.1) is 0 Å². The van der Waals surface area contributed by atoms with E-state index in [0.717, 1.165) is 0 Å². The van der Waals surface area contributed by atoms with Crippen molar-refractivity contribution in [1.82, 2.24) is 0 Å². The van der Waals surface area contributed by atoms with Gasteiger partial charge in [0.1, 0.15) is 0 Å². The Labute approximate surface area is 93.5 Å². The highest BCUT2D eigenvalue weighted by molar-refractivity contribution is 7.19. The van der Waals surface area contributed by atoms with Crippen molar-refractivity contribution in [2.75, 3.05) is 0 Å². The Morgan fingerprint density at radius 1 is 0.938 bits per heavy atom.